The number of hydrogen-bond acceptors (Lipinski definition) is 2. The Morgan fingerprint density at radius 1 is 0.650 bits per heavy atom. The highest BCUT2D eigenvalue weighted by molar-refractivity contribution is 4.87. The summed E-state index contributed by atoms with van der Waals surface area (Å²) in [5.41, 5.74) is 0. The highest BCUT2D eigenvalue weighted by Crippen LogP contribution is 2.33. The summed E-state index contributed by atoms with van der Waals surface area (Å²) in [4.78, 5) is 5.62. The molecule has 20 heavy (non-hydrogen) atoms. The molecule has 2 aliphatic carbocycles. The monoisotopic (exact) mass is 278 g/mol. The first kappa shape index (κ1) is 14.8. The van der Waals surface area contributed by atoms with Crippen molar-refractivity contribution in [2.45, 2.75) is 77.3 Å². The molecule has 0 aromatic heterocycles. The molecule has 0 bridgehead atoms. The third kappa shape index (κ3) is 3.39. The second-order valence-electron chi connectivity index (χ2n) is 7.82. The lowest BCUT2D eigenvalue weighted by molar-refractivity contribution is 0.0481. The molecule has 0 amide bonds. The Hall–Kier alpha value is -0.0800. The molecule has 0 radical (unpaired) electrons. The fourth-order valence-corrected chi connectivity index (χ4v) is 4.87. The van der Waals surface area contributed by atoms with Gasteiger partial charge in [-0.25, -0.2) is 0 Å². The van der Waals surface area contributed by atoms with Gasteiger partial charge < -0.3 is 0 Å². The van der Waals surface area contributed by atoms with Gasteiger partial charge in [0.1, 0.15) is 0 Å². The molecule has 0 unspecified atom stereocenters. The summed E-state index contributed by atoms with van der Waals surface area (Å²) in [6.45, 7) is 10.2. The maximum Gasteiger partial charge on any atom is 0.0113 e. The SMILES string of the molecule is CC(C)[C@H]1CC[C@H](N2CCN(C3CCCC3)CC2)CC1. The highest BCUT2D eigenvalue weighted by Gasteiger charge is 2.31. The second-order valence-corrected chi connectivity index (χ2v) is 7.82. The number of rotatable bonds is 3. The van der Waals surface area contributed by atoms with Gasteiger partial charge in [-0.05, 0) is 50.4 Å². The van der Waals surface area contributed by atoms with Gasteiger partial charge >= 0.3 is 0 Å². The average molecular weight is 278 g/mol. The van der Waals surface area contributed by atoms with E-state index < -0.39 is 0 Å². The highest BCUT2D eigenvalue weighted by atomic mass is 15.3. The molecule has 2 nitrogen and oxygen atoms in total. The van der Waals surface area contributed by atoms with Gasteiger partial charge in [0.25, 0.3) is 0 Å². The minimum Gasteiger partial charge on any atom is -0.298 e. The zero-order valence-electron chi connectivity index (χ0n) is 13.7. The van der Waals surface area contributed by atoms with Crippen LogP contribution in [0.5, 0.6) is 0 Å². The Labute approximate surface area is 125 Å². The van der Waals surface area contributed by atoms with Gasteiger partial charge in [-0.15, -0.1) is 0 Å². The summed E-state index contributed by atoms with van der Waals surface area (Å²) < 4.78 is 0. The molecule has 1 aliphatic heterocycles. The zero-order valence-corrected chi connectivity index (χ0v) is 13.7. The van der Waals surface area contributed by atoms with Gasteiger partial charge in [0, 0.05) is 38.3 Å². The lowest BCUT2D eigenvalue weighted by Crippen LogP contribution is -2.53. The molecule has 3 aliphatic rings. The van der Waals surface area contributed by atoms with Crippen LogP contribution in [-0.4, -0.2) is 48.1 Å². The van der Waals surface area contributed by atoms with E-state index in [-0.39, 0.29) is 0 Å². The van der Waals surface area contributed by atoms with E-state index >= 15 is 0 Å². The Kier molecular flexibility index (Phi) is 5.04. The first-order chi connectivity index (χ1) is 9.74. The van der Waals surface area contributed by atoms with Gasteiger partial charge in [0.05, 0.1) is 0 Å². The van der Waals surface area contributed by atoms with Crippen LogP contribution >= 0.6 is 0 Å². The fourth-order valence-electron chi connectivity index (χ4n) is 4.87. The Morgan fingerprint density at radius 3 is 1.55 bits per heavy atom. The van der Waals surface area contributed by atoms with Crippen LogP contribution in [0, 0.1) is 11.8 Å². The van der Waals surface area contributed by atoms with E-state index in [1.54, 1.807) is 0 Å². The summed E-state index contributed by atoms with van der Waals surface area (Å²) >= 11 is 0. The van der Waals surface area contributed by atoms with Crippen molar-refractivity contribution in [3.63, 3.8) is 0 Å². The smallest absolute Gasteiger partial charge is 0.0113 e. The van der Waals surface area contributed by atoms with Crippen molar-refractivity contribution in [1.29, 1.82) is 0 Å². The largest absolute Gasteiger partial charge is 0.298 e. The molecule has 1 heterocycles. The molecule has 2 heteroatoms. The van der Waals surface area contributed by atoms with Gasteiger partial charge in [0.15, 0.2) is 0 Å². The van der Waals surface area contributed by atoms with E-state index in [1.807, 2.05) is 0 Å². The lowest BCUT2D eigenvalue weighted by atomic mass is 9.79. The fraction of sp³-hybridized carbons (Fsp3) is 1.00. The van der Waals surface area contributed by atoms with E-state index in [4.69, 9.17) is 0 Å². The van der Waals surface area contributed by atoms with E-state index in [0.29, 0.717) is 0 Å². The number of nitrogens with zero attached hydrogens (tertiary/aromatic N) is 2. The van der Waals surface area contributed by atoms with Crippen LogP contribution in [0.25, 0.3) is 0 Å². The van der Waals surface area contributed by atoms with Crippen molar-refractivity contribution >= 4 is 0 Å². The first-order valence-electron chi connectivity index (χ1n) is 9.22. The van der Waals surface area contributed by atoms with Gasteiger partial charge in [-0.1, -0.05) is 26.7 Å². The van der Waals surface area contributed by atoms with E-state index in [9.17, 15) is 0 Å². The minimum absolute atomic E-state index is 0.898. The van der Waals surface area contributed by atoms with Crippen molar-refractivity contribution < 1.29 is 0 Å². The van der Waals surface area contributed by atoms with Gasteiger partial charge in [-0.3, -0.25) is 9.80 Å². The van der Waals surface area contributed by atoms with Crippen LogP contribution in [-0.2, 0) is 0 Å². The van der Waals surface area contributed by atoms with Crippen LogP contribution in [0.3, 0.4) is 0 Å². The Bertz CT molecular complexity index is 280. The summed E-state index contributed by atoms with van der Waals surface area (Å²) in [7, 11) is 0. The van der Waals surface area contributed by atoms with Crippen molar-refractivity contribution in [2.75, 3.05) is 26.2 Å². The maximum atomic E-state index is 2.82. The Morgan fingerprint density at radius 2 is 1.10 bits per heavy atom. The average Bonchev–Trinajstić information content (AvgIpc) is 3.02. The second kappa shape index (κ2) is 6.79. The summed E-state index contributed by atoms with van der Waals surface area (Å²) in [6, 6.07) is 1.85. The van der Waals surface area contributed by atoms with Crippen LogP contribution in [0.1, 0.15) is 65.2 Å². The molecule has 116 valence electrons. The molecule has 0 N–H and O–H groups in total. The molecule has 0 aromatic rings. The molecule has 0 aromatic carbocycles. The third-order valence-electron chi connectivity index (χ3n) is 6.39. The first-order valence-corrected chi connectivity index (χ1v) is 9.22. The van der Waals surface area contributed by atoms with E-state index in [1.165, 1.54) is 77.5 Å². The van der Waals surface area contributed by atoms with Gasteiger partial charge in [0.2, 0.25) is 0 Å². The van der Waals surface area contributed by atoms with E-state index in [2.05, 4.69) is 23.6 Å². The quantitative estimate of drug-likeness (QED) is 0.775. The predicted octanol–water partition coefficient (Wildman–Crippen LogP) is 3.76. The topological polar surface area (TPSA) is 6.48 Å². The summed E-state index contributed by atoms with van der Waals surface area (Å²) in [5, 5.41) is 0. The lowest BCUT2D eigenvalue weighted by Gasteiger charge is -2.44. The van der Waals surface area contributed by atoms with Gasteiger partial charge in [-0.2, -0.15) is 0 Å². The molecular formula is C18H34N2. The van der Waals surface area contributed by atoms with Crippen molar-refractivity contribution in [2.24, 2.45) is 11.8 Å². The summed E-state index contributed by atoms with van der Waals surface area (Å²) in [5.74, 6) is 1.90. The predicted molar refractivity (Wildman–Crippen MR) is 86.0 cm³/mol. The van der Waals surface area contributed by atoms with Crippen LogP contribution < -0.4 is 0 Å². The molecule has 2 saturated carbocycles. The standard InChI is InChI=1S/C18H34N2/c1-15(2)16-7-9-18(10-8-16)20-13-11-19(12-14-20)17-5-3-4-6-17/h15-18H,3-14H2,1-2H3/t16-,18-. The molecule has 3 rings (SSSR count). The number of piperazine rings is 1. The maximum absolute atomic E-state index is 2.82. The summed E-state index contributed by atoms with van der Waals surface area (Å²) in [6.07, 6.45) is 11.8. The van der Waals surface area contributed by atoms with Crippen molar-refractivity contribution in [1.82, 2.24) is 9.80 Å². The normalized spacial score (nSPS) is 35.0. The van der Waals surface area contributed by atoms with Crippen LogP contribution in [0.2, 0.25) is 0 Å². The van der Waals surface area contributed by atoms with E-state index in [0.717, 1.165) is 23.9 Å². The molecule has 0 spiro atoms. The zero-order chi connectivity index (χ0) is 13.9. The molecular weight excluding hydrogens is 244 g/mol. The minimum atomic E-state index is 0.898. The van der Waals surface area contributed by atoms with Crippen molar-refractivity contribution in [3.05, 3.63) is 0 Å². The number of hydrogen-bond donors (Lipinski definition) is 0. The molecule has 1 saturated heterocycles. The molecule has 3 fully saturated rings. The molecule has 0 atom stereocenters. The third-order valence-corrected chi connectivity index (χ3v) is 6.39. The van der Waals surface area contributed by atoms with Crippen molar-refractivity contribution in [3.8, 4) is 0 Å². The Balaban J connectivity index is 1.42. The van der Waals surface area contributed by atoms with Crippen LogP contribution in [0.4, 0.5) is 0 Å². The van der Waals surface area contributed by atoms with Crippen LogP contribution in [0.15, 0.2) is 0 Å².